The second-order valence-electron chi connectivity index (χ2n) is 3.09. The van der Waals surface area contributed by atoms with Crippen molar-refractivity contribution in [1.29, 1.82) is 0 Å². The molecule has 0 aromatic carbocycles. The summed E-state index contributed by atoms with van der Waals surface area (Å²) < 4.78 is 10.2. The van der Waals surface area contributed by atoms with Gasteiger partial charge in [-0.3, -0.25) is 16.3 Å². The molecule has 84 valence electrons. The van der Waals surface area contributed by atoms with E-state index in [9.17, 15) is 0 Å². The first kappa shape index (κ1) is 11.9. The van der Waals surface area contributed by atoms with Crippen LogP contribution in [0.2, 0.25) is 0 Å². The van der Waals surface area contributed by atoms with Crippen molar-refractivity contribution >= 4 is 0 Å². The topological polar surface area (TPSA) is 69.4 Å². The third-order valence-corrected chi connectivity index (χ3v) is 2.16. The summed E-state index contributed by atoms with van der Waals surface area (Å²) in [5, 5.41) is 0. The molecule has 0 bridgehead atoms. The molecule has 0 aliphatic heterocycles. The lowest BCUT2D eigenvalue weighted by molar-refractivity contribution is 0.181. The van der Waals surface area contributed by atoms with E-state index >= 15 is 0 Å². The van der Waals surface area contributed by atoms with Crippen LogP contribution in [0.25, 0.3) is 0 Å². The van der Waals surface area contributed by atoms with Crippen LogP contribution in [0, 0.1) is 0 Å². The molecule has 1 atom stereocenters. The summed E-state index contributed by atoms with van der Waals surface area (Å²) in [5.74, 6) is 6.20. The molecule has 5 heteroatoms. The van der Waals surface area contributed by atoms with Crippen molar-refractivity contribution in [2.75, 3.05) is 20.8 Å². The van der Waals surface area contributed by atoms with Crippen LogP contribution in [0.4, 0.5) is 0 Å². The lowest BCUT2D eigenvalue weighted by Crippen LogP contribution is -2.29. The summed E-state index contributed by atoms with van der Waals surface area (Å²) in [6.07, 6.45) is 2.47. The number of hydrazine groups is 1. The van der Waals surface area contributed by atoms with E-state index in [0.717, 1.165) is 17.9 Å². The number of ether oxygens (including phenoxy) is 2. The largest absolute Gasteiger partial charge is 0.495 e. The quantitative estimate of drug-likeness (QED) is 0.533. The number of rotatable bonds is 6. The van der Waals surface area contributed by atoms with Gasteiger partial charge in [0.15, 0.2) is 0 Å². The molecule has 0 spiro atoms. The smallest absolute Gasteiger partial charge is 0.142 e. The maximum absolute atomic E-state index is 5.47. The zero-order chi connectivity index (χ0) is 11.1. The number of methoxy groups -OCH3 is 2. The number of aromatic nitrogens is 1. The number of nitrogens with two attached hydrogens (primary N) is 1. The van der Waals surface area contributed by atoms with Crippen LogP contribution in [-0.2, 0) is 4.74 Å². The predicted molar refractivity (Wildman–Crippen MR) is 57.3 cm³/mol. The van der Waals surface area contributed by atoms with E-state index in [4.69, 9.17) is 15.3 Å². The van der Waals surface area contributed by atoms with Crippen molar-refractivity contribution < 1.29 is 9.47 Å². The van der Waals surface area contributed by atoms with E-state index in [1.165, 1.54) is 0 Å². The second kappa shape index (κ2) is 6.34. The molecular weight excluding hydrogens is 194 g/mol. The van der Waals surface area contributed by atoms with Gasteiger partial charge in [0.2, 0.25) is 0 Å². The number of pyridine rings is 1. The highest BCUT2D eigenvalue weighted by Crippen LogP contribution is 2.23. The lowest BCUT2D eigenvalue weighted by Gasteiger charge is -2.17. The van der Waals surface area contributed by atoms with Crippen LogP contribution in [-0.4, -0.2) is 25.8 Å². The maximum atomic E-state index is 5.47. The van der Waals surface area contributed by atoms with E-state index < -0.39 is 0 Å². The molecule has 3 N–H and O–H groups in total. The van der Waals surface area contributed by atoms with Gasteiger partial charge in [0, 0.05) is 19.9 Å². The SMILES string of the molecule is COCCC(NN)c1ncccc1OC. The van der Waals surface area contributed by atoms with E-state index in [1.807, 2.05) is 12.1 Å². The molecule has 0 saturated heterocycles. The fourth-order valence-electron chi connectivity index (χ4n) is 1.37. The summed E-state index contributed by atoms with van der Waals surface area (Å²) in [4.78, 5) is 4.25. The molecule has 5 nitrogen and oxygen atoms in total. The first-order chi connectivity index (χ1) is 7.33. The Morgan fingerprint density at radius 2 is 2.33 bits per heavy atom. The first-order valence-electron chi connectivity index (χ1n) is 4.77. The molecular formula is C10H17N3O2. The maximum Gasteiger partial charge on any atom is 0.142 e. The van der Waals surface area contributed by atoms with Gasteiger partial charge in [-0.05, 0) is 18.6 Å². The Morgan fingerprint density at radius 3 is 2.93 bits per heavy atom. The summed E-state index contributed by atoms with van der Waals surface area (Å²) in [5.41, 5.74) is 3.51. The second-order valence-corrected chi connectivity index (χ2v) is 3.09. The van der Waals surface area contributed by atoms with Gasteiger partial charge in [-0.15, -0.1) is 0 Å². The van der Waals surface area contributed by atoms with Gasteiger partial charge in [-0.25, -0.2) is 0 Å². The molecule has 1 aromatic heterocycles. The van der Waals surface area contributed by atoms with Crippen molar-refractivity contribution in [2.45, 2.75) is 12.5 Å². The van der Waals surface area contributed by atoms with Gasteiger partial charge >= 0.3 is 0 Å². The molecule has 1 rings (SSSR count). The van der Waals surface area contributed by atoms with E-state index in [-0.39, 0.29) is 6.04 Å². The summed E-state index contributed by atoms with van der Waals surface area (Å²) in [6, 6.07) is 3.63. The Balaban J connectivity index is 2.80. The highest BCUT2D eigenvalue weighted by Gasteiger charge is 2.15. The molecule has 0 aliphatic carbocycles. The number of hydrogen-bond donors (Lipinski definition) is 2. The molecule has 1 unspecified atom stereocenters. The van der Waals surface area contributed by atoms with Gasteiger partial charge in [-0.1, -0.05) is 0 Å². The minimum Gasteiger partial charge on any atom is -0.495 e. The molecule has 0 radical (unpaired) electrons. The van der Waals surface area contributed by atoms with Crippen LogP contribution >= 0.6 is 0 Å². The van der Waals surface area contributed by atoms with E-state index in [0.29, 0.717) is 6.61 Å². The fourth-order valence-corrected chi connectivity index (χ4v) is 1.37. The van der Waals surface area contributed by atoms with Gasteiger partial charge < -0.3 is 9.47 Å². The Hall–Kier alpha value is -1.17. The highest BCUT2D eigenvalue weighted by atomic mass is 16.5. The van der Waals surface area contributed by atoms with Gasteiger partial charge in [0.05, 0.1) is 13.2 Å². The normalized spacial score (nSPS) is 12.5. The molecule has 0 fully saturated rings. The zero-order valence-corrected chi connectivity index (χ0v) is 9.06. The molecule has 0 amide bonds. The Kier molecular flexibility index (Phi) is 5.03. The van der Waals surface area contributed by atoms with Gasteiger partial charge in [-0.2, -0.15) is 0 Å². The van der Waals surface area contributed by atoms with E-state index in [2.05, 4.69) is 10.4 Å². The van der Waals surface area contributed by atoms with Crippen molar-refractivity contribution in [3.8, 4) is 5.75 Å². The highest BCUT2D eigenvalue weighted by molar-refractivity contribution is 5.29. The lowest BCUT2D eigenvalue weighted by atomic mass is 10.1. The number of hydrogen-bond acceptors (Lipinski definition) is 5. The van der Waals surface area contributed by atoms with Crippen molar-refractivity contribution in [1.82, 2.24) is 10.4 Å². The minimum absolute atomic E-state index is 0.0545. The Morgan fingerprint density at radius 1 is 1.53 bits per heavy atom. The summed E-state index contributed by atoms with van der Waals surface area (Å²) in [7, 11) is 3.27. The average Bonchev–Trinajstić information content (AvgIpc) is 2.30. The zero-order valence-electron chi connectivity index (χ0n) is 9.06. The van der Waals surface area contributed by atoms with Gasteiger partial charge in [0.25, 0.3) is 0 Å². The molecule has 1 heterocycles. The van der Waals surface area contributed by atoms with Gasteiger partial charge in [0.1, 0.15) is 11.4 Å². The van der Waals surface area contributed by atoms with Crippen molar-refractivity contribution in [2.24, 2.45) is 5.84 Å². The van der Waals surface area contributed by atoms with Crippen LogP contribution in [0.5, 0.6) is 5.75 Å². The van der Waals surface area contributed by atoms with Crippen LogP contribution in [0.1, 0.15) is 18.2 Å². The number of nitrogens with zero attached hydrogens (tertiary/aromatic N) is 1. The summed E-state index contributed by atoms with van der Waals surface area (Å²) in [6.45, 7) is 0.620. The molecule has 0 saturated carbocycles. The Bertz CT molecular complexity index is 294. The third-order valence-electron chi connectivity index (χ3n) is 2.16. The van der Waals surface area contributed by atoms with Crippen LogP contribution in [0.3, 0.4) is 0 Å². The van der Waals surface area contributed by atoms with Crippen LogP contribution in [0.15, 0.2) is 18.3 Å². The van der Waals surface area contributed by atoms with E-state index in [1.54, 1.807) is 20.4 Å². The fraction of sp³-hybridized carbons (Fsp3) is 0.500. The van der Waals surface area contributed by atoms with Crippen molar-refractivity contribution in [3.63, 3.8) is 0 Å². The average molecular weight is 211 g/mol. The Labute approximate surface area is 89.6 Å². The predicted octanol–water partition coefficient (Wildman–Crippen LogP) is 0.631. The molecule has 1 aromatic rings. The third kappa shape index (κ3) is 3.16. The number of nitrogens with one attached hydrogen (secondary N) is 1. The van der Waals surface area contributed by atoms with Crippen molar-refractivity contribution in [3.05, 3.63) is 24.0 Å². The minimum atomic E-state index is -0.0545. The summed E-state index contributed by atoms with van der Waals surface area (Å²) >= 11 is 0. The monoisotopic (exact) mass is 211 g/mol. The molecule has 0 aliphatic rings. The standard InChI is InChI=1S/C10H17N3O2/c1-14-7-5-8(13-11)10-9(15-2)4-3-6-12-10/h3-4,6,8,13H,5,7,11H2,1-2H3. The molecule has 15 heavy (non-hydrogen) atoms. The van der Waals surface area contributed by atoms with Crippen LogP contribution < -0.4 is 16.0 Å². The first-order valence-corrected chi connectivity index (χ1v) is 4.77.